The topological polar surface area (TPSA) is 49.9 Å². The molecule has 7 heteroatoms. The normalized spacial score (nSPS) is 15.7. The van der Waals surface area contributed by atoms with Crippen molar-refractivity contribution in [2.75, 3.05) is 29.0 Å². The number of carbonyl (C=O) groups excluding carboxylic acids is 1. The lowest BCUT2D eigenvalue weighted by atomic mass is 9.99. The lowest BCUT2D eigenvalue weighted by Crippen LogP contribution is -2.28. The minimum absolute atomic E-state index is 0.196. The molecule has 3 aromatic rings. The predicted molar refractivity (Wildman–Crippen MR) is 135 cm³/mol. The van der Waals surface area contributed by atoms with E-state index in [1.807, 2.05) is 70.0 Å². The van der Waals surface area contributed by atoms with E-state index < -0.39 is 19.3 Å². The Kier molecular flexibility index (Phi) is 7.18. The van der Waals surface area contributed by atoms with Crippen molar-refractivity contribution in [3.63, 3.8) is 0 Å². The first-order valence-electron chi connectivity index (χ1n) is 11.3. The summed E-state index contributed by atoms with van der Waals surface area (Å²) in [4.78, 5) is 13.1. The molecule has 0 amide bonds. The third kappa shape index (κ3) is 4.64. The van der Waals surface area contributed by atoms with E-state index in [0.717, 1.165) is 16.9 Å². The Morgan fingerprint density at radius 1 is 0.941 bits per heavy atom. The fourth-order valence-corrected chi connectivity index (χ4v) is 7.41. The standard InChI is InChI=1S/C27H28FN2O3P/c1-3-33-27(31)26(20-22-14-16-23(28)17-15-22)21(2)34(32)29(24-10-6-4-7-11-24)18-19-30(34)25-12-8-5-9-13-25/h4-17,26H,2-3,18-20H2,1H3. The number of carbonyl (C=O) groups is 1. The molecule has 0 N–H and O–H groups in total. The molecule has 1 unspecified atom stereocenters. The fraction of sp³-hybridized carbons (Fsp3) is 0.222. The van der Waals surface area contributed by atoms with Gasteiger partial charge in [0.1, 0.15) is 5.82 Å². The Morgan fingerprint density at radius 2 is 1.44 bits per heavy atom. The van der Waals surface area contributed by atoms with Crippen LogP contribution in [0.25, 0.3) is 0 Å². The van der Waals surface area contributed by atoms with Gasteiger partial charge in [0.2, 0.25) is 0 Å². The second-order valence-corrected chi connectivity index (χ2v) is 10.7. The van der Waals surface area contributed by atoms with Gasteiger partial charge in [0, 0.05) is 29.8 Å². The van der Waals surface area contributed by atoms with Crippen LogP contribution in [0.3, 0.4) is 0 Å². The van der Waals surface area contributed by atoms with Crippen LogP contribution >= 0.6 is 7.44 Å². The van der Waals surface area contributed by atoms with Gasteiger partial charge in [-0.3, -0.25) is 9.36 Å². The molecule has 1 atom stereocenters. The van der Waals surface area contributed by atoms with Crippen LogP contribution in [0.5, 0.6) is 0 Å². The van der Waals surface area contributed by atoms with E-state index in [1.54, 1.807) is 19.1 Å². The van der Waals surface area contributed by atoms with Gasteiger partial charge < -0.3 is 14.1 Å². The Hall–Kier alpha value is -3.37. The Bertz CT molecular complexity index is 1130. The minimum atomic E-state index is -3.51. The van der Waals surface area contributed by atoms with Gasteiger partial charge in [0.25, 0.3) is 7.44 Å². The summed E-state index contributed by atoms with van der Waals surface area (Å²) >= 11 is 0. The molecular formula is C27H28FN2O3P. The highest BCUT2D eigenvalue weighted by molar-refractivity contribution is 7.71. The van der Waals surface area contributed by atoms with Gasteiger partial charge in [-0.1, -0.05) is 55.1 Å². The summed E-state index contributed by atoms with van der Waals surface area (Å²) in [5.41, 5.74) is 2.34. The molecule has 1 fully saturated rings. The third-order valence-electron chi connectivity index (χ3n) is 5.99. The molecule has 0 bridgehead atoms. The maximum absolute atomic E-state index is 15.1. The zero-order chi connectivity index (χ0) is 24.1. The lowest BCUT2D eigenvalue weighted by Gasteiger charge is -2.36. The fourth-order valence-electron chi connectivity index (χ4n) is 4.31. The Morgan fingerprint density at radius 3 is 1.91 bits per heavy atom. The molecule has 1 aliphatic heterocycles. The van der Waals surface area contributed by atoms with Crippen LogP contribution in [0.4, 0.5) is 15.8 Å². The average molecular weight is 479 g/mol. The zero-order valence-electron chi connectivity index (χ0n) is 19.1. The van der Waals surface area contributed by atoms with Crippen molar-refractivity contribution in [3.05, 3.63) is 108 Å². The Balaban J connectivity index is 1.79. The van der Waals surface area contributed by atoms with Crippen LogP contribution in [0, 0.1) is 11.7 Å². The first kappa shape index (κ1) is 23.8. The number of rotatable bonds is 8. The van der Waals surface area contributed by atoms with Gasteiger partial charge in [-0.25, -0.2) is 4.39 Å². The van der Waals surface area contributed by atoms with Crippen molar-refractivity contribution in [2.45, 2.75) is 13.3 Å². The molecule has 1 heterocycles. The number of halogens is 1. The summed E-state index contributed by atoms with van der Waals surface area (Å²) < 4.78 is 37.6. The molecule has 0 aliphatic carbocycles. The quantitative estimate of drug-likeness (QED) is 0.282. The maximum Gasteiger partial charge on any atom is 0.314 e. The molecular weight excluding hydrogens is 450 g/mol. The van der Waals surface area contributed by atoms with E-state index in [1.165, 1.54) is 12.1 Å². The molecule has 1 aliphatic rings. The zero-order valence-corrected chi connectivity index (χ0v) is 20.0. The van der Waals surface area contributed by atoms with Gasteiger partial charge in [0.05, 0.1) is 12.5 Å². The summed E-state index contributed by atoms with van der Waals surface area (Å²) in [6.07, 6.45) is 0.215. The van der Waals surface area contributed by atoms with Crippen LogP contribution in [-0.4, -0.2) is 25.7 Å². The molecule has 0 radical (unpaired) electrons. The highest BCUT2D eigenvalue weighted by Crippen LogP contribution is 2.67. The molecule has 0 saturated carbocycles. The summed E-state index contributed by atoms with van der Waals surface area (Å²) in [5.74, 6) is -1.70. The number of ether oxygens (including phenoxy) is 1. The van der Waals surface area contributed by atoms with Crippen LogP contribution < -0.4 is 9.34 Å². The summed E-state index contributed by atoms with van der Waals surface area (Å²) in [5, 5.41) is 0.306. The third-order valence-corrected chi connectivity index (χ3v) is 9.22. The van der Waals surface area contributed by atoms with Crippen molar-refractivity contribution in [3.8, 4) is 0 Å². The number of anilines is 2. The van der Waals surface area contributed by atoms with Crippen LogP contribution in [-0.2, 0) is 20.5 Å². The highest BCUT2D eigenvalue weighted by atomic mass is 31.2. The molecule has 3 aromatic carbocycles. The number of benzene rings is 3. The van der Waals surface area contributed by atoms with E-state index in [9.17, 15) is 9.18 Å². The van der Waals surface area contributed by atoms with E-state index in [0.29, 0.717) is 18.4 Å². The second-order valence-electron chi connectivity index (χ2n) is 8.09. The van der Waals surface area contributed by atoms with Gasteiger partial charge in [0.15, 0.2) is 0 Å². The van der Waals surface area contributed by atoms with Crippen LogP contribution in [0.2, 0.25) is 0 Å². The molecule has 0 aromatic heterocycles. The van der Waals surface area contributed by atoms with E-state index >= 15 is 4.57 Å². The van der Waals surface area contributed by atoms with Crippen molar-refractivity contribution in [2.24, 2.45) is 5.92 Å². The monoisotopic (exact) mass is 478 g/mol. The molecule has 176 valence electrons. The molecule has 34 heavy (non-hydrogen) atoms. The first-order chi connectivity index (χ1) is 16.4. The molecule has 1 saturated heterocycles. The average Bonchev–Trinajstić information content (AvgIpc) is 3.22. The van der Waals surface area contributed by atoms with Crippen molar-refractivity contribution in [1.29, 1.82) is 0 Å². The minimum Gasteiger partial charge on any atom is -0.466 e. The van der Waals surface area contributed by atoms with Gasteiger partial charge in [-0.15, -0.1) is 0 Å². The molecule has 4 rings (SSSR count). The van der Waals surface area contributed by atoms with E-state index in [4.69, 9.17) is 4.74 Å². The van der Waals surface area contributed by atoms with Gasteiger partial charge in [-0.05, 0) is 55.3 Å². The van der Waals surface area contributed by atoms with Crippen molar-refractivity contribution < 1.29 is 18.5 Å². The second kappa shape index (κ2) is 10.3. The first-order valence-corrected chi connectivity index (χ1v) is 12.9. The van der Waals surface area contributed by atoms with E-state index in [2.05, 4.69) is 6.58 Å². The SMILES string of the molecule is C=C(C(Cc1ccc(F)cc1)C(=O)OCC)P1(=O)N(c2ccccc2)CCN1c1ccccc1. The predicted octanol–water partition coefficient (Wildman–Crippen LogP) is 6.28. The number of nitrogens with zero attached hydrogens (tertiary/aromatic N) is 2. The van der Waals surface area contributed by atoms with Crippen molar-refractivity contribution in [1.82, 2.24) is 0 Å². The lowest BCUT2D eigenvalue weighted by molar-refractivity contribution is -0.146. The van der Waals surface area contributed by atoms with E-state index in [-0.39, 0.29) is 18.8 Å². The summed E-state index contributed by atoms with van der Waals surface area (Å²) in [7, 11) is -3.51. The van der Waals surface area contributed by atoms with Crippen molar-refractivity contribution >= 4 is 24.8 Å². The summed E-state index contributed by atoms with van der Waals surface area (Å²) in [6, 6.07) is 25.0. The van der Waals surface area contributed by atoms with Crippen LogP contribution in [0.1, 0.15) is 12.5 Å². The number of para-hydroxylation sites is 2. The van der Waals surface area contributed by atoms with Crippen LogP contribution in [0.15, 0.2) is 96.8 Å². The Labute approximate surface area is 199 Å². The smallest absolute Gasteiger partial charge is 0.314 e. The maximum atomic E-state index is 15.1. The van der Waals surface area contributed by atoms with Gasteiger partial charge >= 0.3 is 5.97 Å². The largest absolute Gasteiger partial charge is 0.466 e. The number of hydrogen-bond donors (Lipinski definition) is 0. The molecule has 0 spiro atoms. The summed E-state index contributed by atoms with van der Waals surface area (Å²) in [6.45, 7) is 7.22. The van der Waals surface area contributed by atoms with Gasteiger partial charge in [-0.2, -0.15) is 0 Å². The molecule has 5 nitrogen and oxygen atoms in total. The number of hydrogen-bond acceptors (Lipinski definition) is 3. The number of esters is 1. The highest BCUT2D eigenvalue weighted by Gasteiger charge is 2.49.